The number of ether oxygens (including phenoxy) is 1. The molecule has 1 aliphatic heterocycles. The van der Waals surface area contributed by atoms with Crippen LogP contribution in [0.4, 0.5) is 5.69 Å². The first kappa shape index (κ1) is 33.5. The summed E-state index contributed by atoms with van der Waals surface area (Å²) in [7, 11) is 2.12. The summed E-state index contributed by atoms with van der Waals surface area (Å²) in [6, 6.07) is 15.2. The second-order valence-electron chi connectivity index (χ2n) is 14.3. The van der Waals surface area contributed by atoms with Gasteiger partial charge in [0, 0.05) is 35.8 Å². The molecule has 3 aliphatic rings. The molecule has 4 atom stereocenters. The predicted octanol–water partition coefficient (Wildman–Crippen LogP) is 5.48. The number of nitrogens with zero attached hydrogens (tertiary/aromatic N) is 8. The van der Waals surface area contributed by atoms with Crippen molar-refractivity contribution in [3.8, 4) is 29.3 Å². The van der Waals surface area contributed by atoms with Crippen LogP contribution in [0.5, 0.6) is 5.88 Å². The largest absolute Gasteiger partial charge is 0.473 e. The fraction of sp³-hybridized carbons (Fsp3) is 0.410. The third-order valence-corrected chi connectivity index (χ3v) is 11.1. The highest BCUT2D eigenvalue weighted by atomic mass is 16.5. The minimum absolute atomic E-state index is 0.141. The molecule has 5 aromatic rings. The molecular weight excluding hydrogens is 656 g/mol. The monoisotopic (exact) mass is 698 g/mol. The molecule has 13 heteroatoms. The number of nitriles is 1. The number of anilines is 1. The number of likely N-dealkylation sites (tertiary alicyclic amines) is 1. The number of amides is 1. The lowest BCUT2D eigenvalue weighted by molar-refractivity contribution is 0.0933. The van der Waals surface area contributed by atoms with Gasteiger partial charge in [0.2, 0.25) is 5.88 Å². The molecule has 5 heterocycles. The van der Waals surface area contributed by atoms with E-state index in [4.69, 9.17) is 25.0 Å². The summed E-state index contributed by atoms with van der Waals surface area (Å²) in [6.07, 6.45) is 10.5. The third kappa shape index (κ3) is 5.86. The molecule has 1 saturated heterocycles. The van der Waals surface area contributed by atoms with Crippen molar-refractivity contribution in [1.82, 2.24) is 40.1 Å². The number of nitrogens with one attached hydrogen (secondary N) is 1. The third-order valence-electron chi connectivity index (χ3n) is 11.1. The minimum atomic E-state index is -0.512. The minimum Gasteiger partial charge on any atom is -0.473 e. The highest BCUT2D eigenvalue weighted by Gasteiger charge is 2.48. The van der Waals surface area contributed by atoms with Crippen molar-refractivity contribution in [2.75, 3.05) is 19.3 Å². The number of nitrogens with two attached hydrogens (primary N) is 1. The van der Waals surface area contributed by atoms with Crippen LogP contribution in [0, 0.1) is 11.3 Å². The van der Waals surface area contributed by atoms with Gasteiger partial charge in [-0.05, 0) is 114 Å². The van der Waals surface area contributed by atoms with Crippen LogP contribution in [0.3, 0.4) is 0 Å². The van der Waals surface area contributed by atoms with Gasteiger partial charge in [-0.3, -0.25) is 14.7 Å². The maximum absolute atomic E-state index is 13.3. The summed E-state index contributed by atoms with van der Waals surface area (Å²) >= 11 is 0. The molecule has 1 spiro atoms. The maximum Gasteiger partial charge on any atom is 0.272 e. The standard InChI is InChI=1S/C39H42N10O3/c1-23(29-11-4-5-18-42-29)43-38(50)30-15-20-49(46-30)32-21-33(51-24(2)31-12-8-19-48(31)3)45-37(44-32)35-26-10-7-17-39(36(26)52-47-35)16-6-9-25-13-14-28(41)27(22-40)34(25)39/h4-5,11,13-15,18,20-21,23-24,31H,6-10,12,16-17,19,41H2,1-3H3,(H,43,50)/t23-,24-,31-,39+/m0/s1. The number of carbonyl (C=O) groups is 1. The molecule has 0 unspecified atom stereocenters. The summed E-state index contributed by atoms with van der Waals surface area (Å²) in [4.78, 5) is 29.8. The van der Waals surface area contributed by atoms with Gasteiger partial charge in [0.25, 0.3) is 5.91 Å². The van der Waals surface area contributed by atoms with Crippen LogP contribution in [-0.4, -0.2) is 66.4 Å². The van der Waals surface area contributed by atoms with Gasteiger partial charge in [0.15, 0.2) is 28.8 Å². The van der Waals surface area contributed by atoms with E-state index in [0.717, 1.165) is 86.1 Å². The Morgan fingerprint density at radius 3 is 2.75 bits per heavy atom. The predicted molar refractivity (Wildman–Crippen MR) is 193 cm³/mol. The van der Waals surface area contributed by atoms with E-state index in [9.17, 15) is 10.1 Å². The average Bonchev–Trinajstić information content (AvgIpc) is 3.93. The van der Waals surface area contributed by atoms with Crippen LogP contribution in [-0.2, 0) is 18.3 Å². The van der Waals surface area contributed by atoms with Gasteiger partial charge in [0.1, 0.15) is 12.2 Å². The van der Waals surface area contributed by atoms with Gasteiger partial charge in [-0.15, -0.1) is 0 Å². The molecule has 4 aromatic heterocycles. The zero-order valence-corrected chi connectivity index (χ0v) is 29.7. The smallest absolute Gasteiger partial charge is 0.272 e. The average molecular weight is 699 g/mol. The van der Waals surface area contributed by atoms with Gasteiger partial charge >= 0.3 is 0 Å². The number of nitrogen functional groups attached to an aromatic ring is 1. The van der Waals surface area contributed by atoms with Crippen molar-refractivity contribution in [2.45, 2.75) is 88.8 Å². The Kier molecular flexibility index (Phi) is 8.71. The van der Waals surface area contributed by atoms with Gasteiger partial charge in [0.05, 0.1) is 22.7 Å². The second kappa shape index (κ2) is 13.5. The Labute approximate surface area is 302 Å². The molecular formula is C39H42N10O3. The fourth-order valence-corrected chi connectivity index (χ4v) is 8.54. The lowest BCUT2D eigenvalue weighted by atomic mass is 9.61. The molecule has 2 aliphatic carbocycles. The SMILES string of the molecule is C[C@H](NC(=O)c1ccn(-c2cc(O[C@@H](C)[C@@H]3CCCN3C)nc(-c3noc4c3CCC[C@@]43CCCc4ccc(N)c(C#N)c43)n2)n1)c1ccccn1. The van der Waals surface area contributed by atoms with E-state index < -0.39 is 5.41 Å². The quantitative estimate of drug-likeness (QED) is 0.197. The fourth-order valence-electron chi connectivity index (χ4n) is 8.54. The molecule has 1 amide bonds. The zero-order chi connectivity index (χ0) is 36.0. The molecule has 1 aromatic carbocycles. The van der Waals surface area contributed by atoms with E-state index in [2.05, 4.69) is 51.6 Å². The number of hydrogen-bond acceptors (Lipinski definition) is 11. The number of aryl methyl sites for hydroxylation is 1. The highest BCUT2D eigenvalue weighted by Crippen LogP contribution is 2.53. The number of hydrogen-bond donors (Lipinski definition) is 2. The van der Waals surface area contributed by atoms with Crippen LogP contribution in [0.15, 0.2) is 59.4 Å². The summed E-state index contributed by atoms with van der Waals surface area (Å²) in [5.74, 6) is 1.57. The molecule has 0 saturated carbocycles. The normalized spacial score (nSPS) is 20.8. The summed E-state index contributed by atoms with van der Waals surface area (Å²) in [6.45, 7) is 4.96. The number of aromatic nitrogens is 6. The second-order valence-corrected chi connectivity index (χ2v) is 14.3. The van der Waals surface area contributed by atoms with Crippen LogP contribution < -0.4 is 15.8 Å². The number of benzene rings is 1. The van der Waals surface area contributed by atoms with E-state index in [0.29, 0.717) is 34.5 Å². The van der Waals surface area contributed by atoms with E-state index in [1.54, 1.807) is 29.2 Å². The Bertz CT molecular complexity index is 2170. The molecule has 8 rings (SSSR count). The summed E-state index contributed by atoms with van der Waals surface area (Å²) < 4.78 is 14.4. The van der Waals surface area contributed by atoms with Gasteiger partial charge in [-0.1, -0.05) is 17.3 Å². The first-order valence-corrected chi connectivity index (χ1v) is 18.1. The van der Waals surface area contributed by atoms with Crippen molar-refractivity contribution in [3.05, 3.63) is 94.3 Å². The first-order valence-electron chi connectivity index (χ1n) is 18.1. The van der Waals surface area contributed by atoms with Crippen molar-refractivity contribution >= 4 is 11.6 Å². The number of fused-ring (bicyclic) bond motifs is 4. The van der Waals surface area contributed by atoms with Crippen molar-refractivity contribution < 1.29 is 14.1 Å². The lowest BCUT2D eigenvalue weighted by Crippen LogP contribution is -2.38. The zero-order valence-electron chi connectivity index (χ0n) is 29.7. The summed E-state index contributed by atoms with van der Waals surface area (Å²) in [5.41, 5.74) is 11.4. The van der Waals surface area contributed by atoms with Gasteiger partial charge in [-0.25, -0.2) is 9.67 Å². The topological polar surface area (TPSA) is 174 Å². The number of likely N-dealkylation sites (N-methyl/N-ethyl adjacent to an activating group) is 1. The number of pyridine rings is 1. The van der Waals surface area contributed by atoms with E-state index >= 15 is 0 Å². The van der Waals surface area contributed by atoms with Crippen molar-refractivity contribution in [1.29, 1.82) is 5.26 Å². The molecule has 52 heavy (non-hydrogen) atoms. The molecule has 13 nitrogen and oxygen atoms in total. The van der Waals surface area contributed by atoms with Gasteiger partial charge < -0.3 is 20.3 Å². The Morgan fingerprint density at radius 1 is 1.13 bits per heavy atom. The van der Waals surface area contributed by atoms with Crippen LogP contribution >= 0.6 is 0 Å². The molecule has 0 radical (unpaired) electrons. The molecule has 1 fully saturated rings. The Hall–Kier alpha value is -5.61. The molecule has 0 bridgehead atoms. The van der Waals surface area contributed by atoms with Crippen LogP contribution in [0.2, 0.25) is 0 Å². The molecule has 3 N–H and O–H groups in total. The number of rotatable bonds is 8. The van der Waals surface area contributed by atoms with Crippen molar-refractivity contribution in [3.63, 3.8) is 0 Å². The highest BCUT2D eigenvalue weighted by molar-refractivity contribution is 5.92. The Morgan fingerprint density at radius 2 is 1.98 bits per heavy atom. The lowest BCUT2D eigenvalue weighted by Gasteiger charge is -2.41. The van der Waals surface area contributed by atoms with Crippen LogP contribution in [0.1, 0.15) is 103 Å². The Balaban J connectivity index is 1.18. The van der Waals surface area contributed by atoms with E-state index in [1.165, 1.54) is 0 Å². The van der Waals surface area contributed by atoms with Crippen molar-refractivity contribution in [2.24, 2.45) is 0 Å². The van der Waals surface area contributed by atoms with Crippen LogP contribution in [0.25, 0.3) is 17.3 Å². The van der Waals surface area contributed by atoms with E-state index in [-0.39, 0.29) is 29.8 Å². The molecule has 266 valence electrons. The first-order chi connectivity index (χ1) is 25.3. The van der Waals surface area contributed by atoms with Gasteiger partial charge in [-0.2, -0.15) is 15.3 Å². The van der Waals surface area contributed by atoms with E-state index in [1.807, 2.05) is 31.2 Å². The maximum atomic E-state index is 13.3. The number of carbonyl (C=O) groups excluding carboxylic acids is 1. The summed E-state index contributed by atoms with van der Waals surface area (Å²) in [5, 5.41) is 22.5.